The fraction of sp³-hybridized carbons (Fsp3) is 0.312. The summed E-state index contributed by atoms with van der Waals surface area (Å²) in [6.45, 7) is 4.10. The van der Waals surface area contributed by atoms with Crippen LogP contribution in [0.15, 0.2) is 35.3 Å². The molecule has 6 nitrogen and oxygen atoms in total. The second-order valence-corrected chi connectivity index (χ2v) is 5.74. The van der Waals surface area contributed by atoms with Crippen LogP contribution in [-0.4, -0.2) is 31.0 Å². The SMILES string of the molecule is Cc1nc2c(c(=O)[nH]1)CN(Cc1cc3ccccn3n1)CC2. The lowest BCUT2D eigenvalue weighted by Crippen LogP contribution is -2.35. The molecule has 0 aliphatic carbocycles. The lowest BCUT2D eigenvalue weighted by Gasteiger charge is -2.26. The van der Waals surface area contributed by atoms with Crippen molar-refractivity contribution in [3.63, 3.8) is 0 Å². The Morgan fingerprint density at radius 3 is 3.14 bits per heavy atom. The van der Waals surface area contributed by atoms with E-state index in [1.165, 1.54) is 0 Å². The minimum Gasteiger partial charge on any atom is -0.310 e. The zero-order valence-corrected chi connectivity index (χ0v) is 12.4. The van der Waals surface area contributed by atoms with Gasteiger partial charge in [0.2, 0.25) is 0 Å². The monoisotopic (exact) mass is 295 g/mol. The Morgan fingerprint density at radius 1 is 1.36 bits per heavy atom. The van der Waals surface area contributed by atoms with Crippen LogP contribution in [-0.2, 0) is 19.5 Å². The molecule has 1 aliphatic heterocycles. The molecule has 1 N–H and O–H groups in total. The van der Waals surface area contributed by atoms with Crippen molar-refractivity contribution in [3.8, 4) is 0 Å². The first-order valence-electron chi connectivity index (χ1n) is 7.43. The number of hydrogen-bond donors (Lipinski definition) is 1. The van der Waals surface area contributed by atoms with Gasteiger partial charge >= 0.3 is 0 Å². The Labute approximate surface area is 127 Å². The Hall–Kier alpha value is -2.47. The molecule has 3 aromatic rings. The molecule has 0 amide bonds. The molecular formula is C16H17N5O. The van der Waals surface area contributed by atoms with E-state index >= 15 is 0 Å². The molecule has 0 aromatic carbocycles. The predicted octanol–water partition coefficient (Wildman–Crippen LogP) is 1.28. The lowest BCUT2D eigenvalue weighted by atomic mass is 10.1. The van der Waals surface area contributed by atoms with E-state index in [0.717, 1.165) is 42.0 Å². The van der Waals surface area contributed by atoms with E-state index in [1.807, 2.05) is 35.8 Å². The number of aryl methyl sites for hydroxylation is 1. The van der Waals surface area contributed by atoms with Gasteiger partial charge in [-0.2, -0.15) is 5.10 Å². The molecule has 0 atom stereocenters. The van der Waals surface area contributed by atoms with Gasteiger partial charge in [0.1, 0.15) is 5.82 Å². The van der Waals surface area contributed by atoms with Gasteiger partial charge in [-0.15, -0.1) is 0 Å². The van der Waals surface area contributed by atoms with Crippen molar-refractivity contribution in [1.29, 1.82) is 0 Å². The molecule has 6 heteroatoms. The Balaban J connectivity index is 1.58. The number of pyridine rings is 1. The maximum Gasteiger partial charge on any atom is 0.255 e. The molecule has 112 valence electrons. The van der Waals surface area contributed by atoms with Crippen LogP contribution in [0, 0.1) is 6.92 Å². The van der Waals surface area contributed by atoms with Gasteiger partial charge in [-0.05, 0) is 25.1 Å². The van der Waals surface area contributed by atoms with Gasteiger partial charge in [0, 0.05) is 32.3 Å². The van der Waals surface area contributed by atoms with Gasteiger partial charge in [-0.1, -0.05) is 6.07 Å². The van der Waals surface area contributed by atoms with E-state index in [-0.39, 0.29) is 5.56 Å². The fourth-order valence-electron chi connectivity index (χ4n) is 3.04. The van der Waals surface area contributed by atoms with Crippen molar-refractivity contribution in [2.45, 2.75) is 26.4 Å². The highest BCUT2D eigenvalue weighted by molar-refractivity contribution is 5.46. The minimum absolute atomic E-state index is 0.0119. The Morgan fingerprint density at radius 2 is 2.27 bits per heavy atom. The van der Waals surface area contributed by atoms with Crippen molar-refractivity contribution < 1.29 is 0 Å². The van der Waals surface area contributed by atoms with E-state index in [2.05, 4.69) is 26.0 Å². The quantitative estimate of drug-likeness (QED) is 0.773. The normalized spacial score (nSPS) is 15.1. The summed E-state index contributed by atoms with van der Waals surface area (Å²) in [6, 6.07) is 8.10. The van der Waals surface area contributed by atoms with Crippen LogP contribution >= 0.6 is 0 Å². The van der Waals surface area contributed by atoms with Crippen LogP contribution in [0.3, 0.4) is 0 Å². The first kappa shape index (κ1) is 13.2. The molecule has 4 heterocycles. The van der Waals surface area contributed by atoms with Gasteiger partial charge in [0.25, 0.3) is 5.56 Å². The van der Waals surface area contributed by atoms with Crippen LogP contribution in [0.2, 0.25) is 0 Å². The first-order chi connectivity index (χ1) is 10.7. The number of hydrogen-bond acceptors (Lipinski definition) is 4. The predicted molar refractivity (Wildman–Crippen MR) is 82.6 cm³/mol. The number of nitrogens with one attached hydrogen (secondary N) is 1. The highest BCUT2D eigenvalue weighted by Crippen LogP contribution is 2.16. The molecule has 4 rings (SSSR count). The lowest BCUT2D eigenvalue weighted by molar-refractivity contribution is 0.238. The second kappa shape index (κ2) is 5.06. The summed E-state index contributed by atoms with van der Waals surface area (Å²) >= 11 is 0. The van der Waals surface area contributed by atoms with Crippen LogP contribution in [0.1, 0.15) is 22.8 Å². The molecule has 0 spiro atoms. The van der Waals surface area contributed by atoms with Gasteiger partial charge in [0.15, 0.2) is 0 Å². The van der Waals surface area contributed by atoms with E-state index in [1.54, 1.807) is 0 Å². The summed E-state index contributed by atoms with van der Waals surface area (Å²) in [7, 11) is 0. The molecule has 0 bridgehead atoms. The zero-order chi connectivity index (χ0) is 15.1. The second-order valence-electron chi connectivity index (χ2n) is 5.74. The van der Waals surface area contributed by atoms with Gasteiger partial charge in [0.05, 0.1) is 22.5 Å². The highest BCUT2D eigenvalue weighted by Gasteiger charge is 2.21. The third-order valence-corrected chi connectivity index (χ3v) is 4.07. The van der Waals surface area contributed by atoms with Crippen molar-refractivity contribution in [3.05, 3.63) is 63.6 Å². The summed E-state index contributed by atoms with van der Waals surface area (Å²) in [6.07, 6.45) is 2.76. The summed E-state index contributed by atoms with van der Waals surface area (Å²) in [5, 5.41) is 4.57. The number of nitrogens with zero attached hydrogens (tertiary/aromatic N) is 4. The average molecular weight is 295 g/mol. The molecule has 22 heavy (non-hydrogen) atoms. The molecule has 0 radical (unpaired) electrons. The highest BCUT2D eigenvalue weighted by atomic mass is 16.1. The van der Waals surface area contributed by atoms with Gasteiger partial charge < -0.3 is 4.98 Å². The summed E-state index contributed by atoms with van der Waals surface area (Å²) in [5.41, 5.74) is 3.83. The maximum atomic E-state index is 12.1. The van der Waals surface area contributed by atoms with Crippen molar-refractivity contribution in [2.24, 2.45) is 0 Å². The standard InChI is InChI=1S/C16H17N5O/c1-11-17-15-5-7-20(10-14(15)16(22)18-11)9-12-8-13-4-2-3-6-21(13)19-12/h2-4,6,8H,5,7,9-10H2,1H3,(H,17,18,22). The average Bonchev–Trinajstić information content (AvgIpc) is 2.90. The molecule has 0 saturated carbocycles. The number of rotatable bonds is 2. The number of fused-ring (bicyclic) bond motifs is 2. The molecule has 1 aliphatic rings. The maximum absolute atomic E-state index is 12.1. The minimum atomic E-state index is -0.0119. The third-order valence-electron chi connectivity index (χ3n) is 4.07. The Kier molecular flexibility index (Phi) is 3.04. The summed E-state index contributed by atoms with van der Waals surface area (Å²) in [5.74, 6) is 0.692. The zero-order valence-electron chi connectivity index (χ0n) is 12.4. The van der Waals surface area contributed by atoms with Crippen molar-refractivity contribution >= 4 is 5.52 Å². The number of aromatic nitrogens is 4. The Bertz CT molecular complexity index is 862. The van der Waals surface area contributed by atoms with Crippen LogP contribution in [0.5, 0.6) is 0 Å². The number of H-pyrrole nitrogens is 1. The smallest absolute Gasteiger partial charge is 0.255 e. The van der Waals surface area contributed by atoms with E-state index in [9.17, 15) is 4.79 Å². The molecule has 0 fully saturated rings. The van der Waals surface area contributed by atoms with Crippen LogP contribution in [0.25, 0.3) is 5.52 Å². The largest absolute Gasteiger partial charge is 0.310 e. The molecule has 3 aromatic heterocycles. The van der Waals surface area contributed by atoms with Crippen LogP contribution < -0.4 is 5.56 Å². The van der Waals surface area contributed by atoms with Crippen molar-refractivity contribution in [2.75, 3.05) is 6.54 Å². The van der Waals surface area contributed by atoms with Crippen LogP contribution in [0.4, 0.5) is 0 Å². The van der Waals surface area contributed by atoms with E-state index in [4.69, 9.17) is 0 Å². The van der Waals surface area contributed by atoms with Gasteiger partial charge in [-0.25, -0.2) is 9.50 Å². The summed E-state index contributed by atoms with van der Waals surface area (Å²) < 4.78 is 1.88. The third kappa shape index (κ3) is 2.31. The van der Waals surface area contributed by atoms with Gasteiger partial charge in [-0.3, -0.25) is 9.69 Å². The topological polar surface area (TPSA) is 66.3 Å². The van der Waals surface area contributed by atoms with E-state index < -0.39 is 0 Å². The first-order valence-corrected chi connectivity index (χ1v) is 7.43. The number of aromatic amines is 1. The van der Waals surface area contributed by atoms with E-state index in [0.29, 0.717) is 12.4 Å². The molecule has 0 unspecified atom stereocenters. The van der Waals surface area contributed by atoms with Crippen molar-refractivity contribution in [1.82, 2.24) is 24.5 Å². The summed E-state index contributed by atoms with van der Waals surface area (Å²) in [4.78, 5) is 21.6. The molecular weight excluding hydrogens is 278 g/mol. The fourth-order valence-corrected chi connectivity index (χ4v) is 3.04. The molecule has 0 saturated heterocycles.